The van der Waals surface area contributed by atoms with Gasteiger partial charge in [0.1, 0.15) is 0 Å². The number of anilines is 1. The summed E-state index contributed by atoms with van der Waals surface area (Å²) < 4.78 is 2.78. The van der Waals surface area contributed by atoms with E-state index in [1.807, 2.05) is 42.1 Å². The van der Waals surface area contributed by atoms with Gasteiger partial charge in [-0.25, -0.2) is 4.98 Å². The second-order valence-electron chi connectivity index (χ2n) is 4.78. The molecule has 0 atom stereocenters. The van der Waals surface area contributed by atoms with E-state index >= 15 is 0 Å². The lowest BCUT2D eigenvalue weighted by molar-refractivity contribution is 0.102. The van der Waals surface area contributed by atoms with Gasteiger partial charge in [0, 0.05) is 22.8 Å². The molecular formula is C15H13BrN4OS. The summed E-state index contributed by atoms with van der Waals surface area (Å²) in [4.78, 5) is 17.3. The van der Waals surface area contributed by atoms with Gasteiger partial charge >= 0.3 is 0 Å². The minimum absolute atomic E-state index is 0.150. The van der Waals surface area contributed by atoms with Crippen LogP contribution < -0.4 is 5.32 Å². The Labute approximate surface area is 140 Å². The summed E-state index contributed by atoms with van der Waals surface area (Å²) in [5.74, 6) is -0.150. The number of nitrogens with one attached hydrogen (secondary N) is 1. The monoisotopic (exact) mass is 376 g/mol. The fourth-order valence-corrected chi connectivity index (χ4v) is 2.94. The van der Waals surface area contributed by atoms with Crippen molar-refractivity contribution in [2.24, 2.45) is 0 Å². The molecule has 0 fully saturated rings. The molecule has 0 spiro atoms. The molecule has 1 N–H and O–H groups in total. The average Bonchev–Trinajstić information content (AvgIpc) is 3.08. The summed E-state index contributed by atoms with van der Waals surface area (Å²) in [6, 6.07) is 7.47. The Balaban J connectivity index is 1.66. The van der Waals surface area contributed by atoms with Crippen LogP contribution in [0.2, 0.25) is 0 Å². The molecule has 0 saturated carbocycles. The molecule has 0 aliphatic heterocycles. The van der Waals surface area contributed by atoms with Crippen LogP contribution in [0.3, 0.4) is 0 Å². The maximum Gasteiger partial charge on any atom is 0.257 e. The molecule has 7 heteroatoms. The van der Waals surface area contributed by atoms with E-state index in [1.54, 1.807) is 12.4 Å². The molecule has 0 bridgehead atoms. The number of thiazole rings is 1. The zero-order valence-electron chi connectivity index (χ0n) is 11.8. The molecule has 22 heavy (non-hydrogen) atoms. The molecule has 3 rings (SSSR count). The van der Waals surface area contributed by atoms with Gasteiger partial charge in [-0.15, -0.1) is 11.3 Å². The summed E-state index contributed by atoms with van der Waals surface area (Å²) in [6.45, 7) is 2.62. The zero-order valence-corrected chi connectivity index (χ0v) is 14.2. The molecule has 0 aliphatic rings. The third-order valence-corrected chi connectivity index (χ3v) is 4.24. The number of aromatic nitrogens is 3. The number of halogens is 1. The molecule has 1 aromatic carbocycles. The lowest BCUT2D eigenvalue weighted by Crippen LogP contribution is -2.11. The second-order valence-corrected chi connectivity index (χ2v) is 6.93. The van der Waals surface area contributed by atoms with Crippen LogP contribution in [0, 0.1) is 6.92 Å². The standard InChI is InChI=1S/C15H13BrN4OS/c1-10-6-17-15(22-10)19-14(21)12-4-2-11(3-5-12)8-20-9-13(16)7-18-20/h2-7,9H,8H2,1H3,(H,17,19,21). The molecule has 0 aliphatic carbocycles. The highest BCUT2D eigenvalue weighted by Crippen LogP contribution is 2.17. The lowest BCUT2D eigenvalue weighted by Gasteiger charge is -2.04. The lowest BCUT2D eigenvalue weighted by atomic mass is 10.1. The van der Waals surface area contributed by atoms with Gasteiger partial charge in [-0.1, -0.05) is 12.1 Å². The van der Waals surface area contributed by atoms with Crippen molar-refractivity contribution >= 4 is 38.3 Å². The summed E-state index contributed by atoms with van der Waals surface area (Å²) in [6.07, 6.45) is 5.40. The van der Waals surface area contributed by atoms with Crippen LogP contribution in [0.1, 0.15) is 20.8 Å². The van der Waals surface area contributed by atoms with Gasteiger partial charge in [0.2, 0.25) is 0 Å². The first kappa shape index (κ1) is 14.9. The van der Waals surface area contributed by atoms with Crippen LogP contribution in [-0.2, 0) is 6.54 Å². The number of hydrogen-bond acceptors (Lipinski definition) is 4. The number of amides is 1. The highest BCUT2D eigenvalue weighted by Gasteiger charge is 2.08. The van der Waals surface area contributed by atoms with Gasteiger partial charge in [0.05, 0.1) is 17.2 Å². The van der Waals surface area contributed by atoms with Crippen LogP contribution in [0.5, 0.6) is 0 Å². The molecule has 0 radical (unpaired) electrons. The fraction of sp³-hybridized carbons (Fsp3) is 0.133. The molecule has 0 saturated heterocycles. The third kappa shape index (κ3) is 3.61. The van der Waals surface area contributed by atoms with E-state index in [-0.39, 0.29) is 5.91 Å². The third-order valence-electron chi connectivity index (χ3n) is 3.00. The maximum absolute atomic E-state index is 12.1. The van der Waals surface area contributed by atoms with Crippen molar-refractivity contribution in [3.63, 3.8) is 0 Å². The minimum atomic E-state index is -0.150. The van der Waals surface area contributed by atoms with Gasteiger partial charge in [-0.05, 0) is 40.5 Å². The molecule has 2 aromatic heterocycles. The van der Waals surface area contributed by atoms with E-state index in [0.717, 1.165) is 14.9 Å². The van der Waals surface area contributed by atoms with Crippen LogP contribution in [0.4, 0.5) is 5.13 Å². The molecular weight excluding hydrogens is 364 g/mol. The van der Waals surface area contributed by atoms with Crippen LogP contribution in [0.15, 0.2) is 47.3 Å². The van der Waals surface area contributed by atoms with Crippen molar-refractivity contribution in [2.75, 3.05) is 5.32 Å². The van der Waals surface area contributed by atoms with Gasteiger partial charge < -0.3 is 0 Å². The Morgan fingerprint density at radius 1 is 1.32 bits per heavy atom. The first-order chi connectivity index (χ1) is 10.6. The van der Waals surface area contributed by atoms with Crippen molar-refractivity contribution < 1.29 is 4.79 Å². The summed E-state index contributed by atoms with van der Waals surface area (Å²) in [5.41, 5.74) is 1.69. The quantitative estimate of drug-likeness (QED) is 0.754. The van der Waals surface area contributed by atoms with Crippen molar-refractivity contribution in [1.29, 1.82) is 0 Å². The summed E-state index contributed by atoms with van der Waals surface area (Å²) in [7, 11) is 0. The van der Waals surface area contributed by atoms with Gasteiger partial charge in [0.25, 0.3) is 5.91 Å². The number of aryl methyl sites for hydroxylation is 1. The van der Waals surface area contributed by atoms with Crippen molar-refractivity contribution in [3.8, 4) is 0 Å². The second kappa shape index (κ2) is 6.41. The van der Waals surface area contributed by atoms with Gasteiger partial charge in [-0.3, -0.25) is 14.8 Å². The first-order valence-electron chi connectivity index (χ1n) is 6.61. The molecule has 3 aromatic rings. The SMILES string of the molecule is Cc1cnc(NC(=O)c2ccc(Cn3cc(Br)cn3)cc2)s1. The van der Waals surface area contributed by atoms with Crippen LogP contribution in [0.25, 0.3) is 0 Å². The fourth-order valence-electron chi connectivity index (χ4n) is 1.96. The number of hydrogen-bond donors (Lipinski definition) is 1. The zero-order chi connectivity index (χ0) is 15.5. The van der Waals surface area contributed by atoms with E-state index in [0.29, 0.717) is 17.2 Å². The van der Waals surface area contributed by atoms with Crippen molar-refractivity contribution in [1.82, 2.24) is 14.8 Å². The maximum atomic E-state index is 12.1. The molecule has 0 unspecified atom stereocenters. The normalized spacial score (nSPS) is 10.6. The van der Waals surface area contributed by atoms with E-state index in [2.05, 4.69) is 31.3 Å². The van der Waals surface area contributed by atoms with Gasteiger partial charge in [-0.2, -0.15) is 5.10 Å². The Bertz CT molecular complexity index is 794. The highest BCUT2D eigenvalue weighted by molar-refractivity contribution is 9.10. The van der Waals surface area contributed by atoms with Crippen molar-refractivity contribution in [2.45, 2.75) is 13.5 Å². The molecule has 5 nitrogen and oxygen atoms in total. The first-order valence-corrected chi connectivity index (χ1v) is 8.22. The molecule has 1 amide bonds. The topological polar surface area (TPSA) is 59.8 Å². The summed E-state index contributed by atoms with van der Waals surface area (Å²) in [5, 5.41) is 7.63. The Morgan fingerprint density at radius 2 is 2.09 bits per heavy atom. The molecule has 112 valence electrons. The Hall–Kier alpha value is -1.99. The number of benzene rings is 1. The number of rotatable bonds is 4. The Morgan fingerprint density at radius 3 is 2.68 bits per heavy atom. The predicted molar refractivity (Wildman–Crippen MR) is 90.3 cm³/mol. The van der Waals surface area contributed by atoms with Gasteiger partial charge in [0.15, 0.2) is 5.13 Å². The summed E-state index contributed by atoms with van der Waals surface area (Å²) >= 11 is 4.83. The predicted octanol–water partition coefficient (Wildman–Crippen LogP) is 3.71. The highest BCUT2D eigenvalue weighted by atomic mass is 79.9. The van der Waals surface area contributed by atoms with E-state index < -0.39 is 0 Å². The minimum Gasteiger partial charge on any atom is -0.298 e. The average molecular weight is 377 g/mol. The number of nitrogens with zero attached hydrogens (tertiary/aromatic N) is 3. The van der Waals surface area contributed by atoms with Crippen LogP contribution >= 0.6 is 27.3 Å². The number of carbonyl (C=O) groups excluding carboxylic acids is 1. The van der Waals surface area contributed by atoms with E-state index in [1.165, 1.54) is 11.3 Å². The smallest absolute Gasteiger partial charge is 0.257 e. The van der Waals surface area contributed by atoms with Crippen LogP contribution in [-0.4, -0.2) is 20.7 Å². The van der Waals surface area contributed by atoms with E-state index in [9.17, 15) is 4.79 Å². The Kier molecular flexibility index (Phi) is 4.35. The number of carbonyl (C=O) groups is 1. The largest absolute Gasteiger partial charge is 0.298 e. The molecule has 2 heterocycles. The van der Waals surface area contributed by atoms with Crippen molar-refractivity contribution in [3.05, 3.63) is 63.3 Å². The van der Waals surface area contributed by atoms with E-state index in [4.69, 9.17) is 0 Å².